The highest BCUT2D eigenvalue weighted by molar-refractivity contribution is 5.90. The third-order valence-corrected chi connectivity index (χ3v) is 4.67. The van der Waals surface area contributed by atoms with Crippen LogP contribution in [-0.4, -0.2) is 16.0 Å². The number of rotatable bonds is 6. The van der Waals surface area contributed by atoms with E-state index in [1.165, 1.54) is 25.0 Å². The quantitative estimate of drug-likeness (QED) is 0.635. The van der Waals surface area contributed by atoms with Crippen LogP contribution in [0.15, 0.2) is 42.5 Å². The van der Waals surface area contributed by atoms with Gasteiger partial charge in [-0.15, -0.1) is 0 Å². The van der Waals surface area contributed by atoms with Crippen molar-refractivity contribution in [2.75, 3.05) is 10.6 Å². The largest absolute Gasteiger partial charge is 0.366 e. The summed E-state index contributed by atoms with van der Waals surface area (Å²) in [6.45, 7) is 2.16. The summed E-state index contributed by atoms with van der Waals surface area (Å²) in [7, 11) is 0. The molecule has 6 heteroatoms. The zero-order valence-electron chi connectivity index (χ0n) is 14.5. The van der Waals surface area contributed by atoms with Crippen LogP contribution in [0.5, 0.6) is 0 Å². The van der Waals surface area contributed by atoms with Crippen molar-refractivity contribution in [2.45, 2.75) is 32.2 Å². The van der Waals surface area contributed by atoms with Gasteiger partial charge in [-0.2, -0.15) is 4.98 Å². The lowest BCUT2D eigenvalue weighted by molar-refractivity contribution is 0.584. The third-order valence-electron chi connectivity index (χ3n) is 4.67. The molecule has 0 radical (unpaired) electrons. The normalized spacial score (nSPS) is 15.0. The van der Waals surface area contributed by atoms with Crippen molar-refractivity contribution < 1.29 is 8.78 Å². The Labute approximate surface area is 150 Å². The highest BCUT2D eigenvalue weighted by Crippen LogP contribution is 2.36. The van der Waals surface area contributed by atoms with Gasteiger partial charge >= 0.3 is 0 Å². The number of nitrogens with zero attached hydrogens (tertiary/aromatic N) is 2. The Morgan fingerprint density at radius 1 is 1.08 bits per heavy atom. The standard InChI is InChI=1S/C20H20F2N4/c1-2-17(12-7-8-12)24-19-16-5-3-4-6-18(16)25-20(26-19)23-15-10-13(21)9-14(22)11-15/h3-6,9-12,17H,2,7-8H2,1H3,(H2,23,24,25,26). The Hall–Kier alpha value is -2.76. The number of aromatic nitrogens is 2. The minimum atomic E-state index is -0.647. The topological polar surface area (TPSA) is 49.8 Å². The van der Waals surface area contributed by atoms with Gasteiger partial charge in [0.15, 0.2) is 0 Å². The fraction of sp³-hybridized carbons (Fsp3) is 0.300. The Kier molecular flexibility index (Phi) is 4.41. The van der Waals surface area contributed by atoms with E-state index in [2.05, 4.69) is 27.5 Å². The molecule has 0 spiro atoms. The van der Waals surface area contributed by atoms with Crippen LogP contribution >= 0.6 is 0 Å². The predicted molar refractivity (Wildman–Crippen MR) is 99.6 cm³/mol. The van der Waals surface area contributed by atoms with Crippen LogP contribution in [0.4, 0.5) is 26.2 Å². The Balaban J connectivity index is 1.70. The van der Waals surface area contributed by atoms with Gasteiger partial charge in [-0.25, -0.2) is 13.8 Å². The second-order valence-electron chi connectivity index (χ2n) is 6.69. The number of halogens is 2. The van der Waals surface area contributed by atoms with Gasteiger partial charge in [0.25, 0.3) is 0 Å². The lowest BCUT2D eigenvalue weighted by atomic mass is 10.1. The summed E-state index contributed by atoms with van der Waals surface area (Å²) in [6.07, 6.45) is 3.49. The molecule has 1 saturated carbocycles. The first-order valence-electron chi connectivity index (χ1n) is 8.89. The zero-order valence-corrected chi connectivity index (χ0v) is 14.5. The number of nitrogens with one attached hydrogen (secondary N) is 2. The van der Waals surface area contributed by atoms with Crippen LogP contribution in [0.2, 0.25) is 0 Å². The molecule has 1 aromatic heterocycles. The van der Waals surface area contributed by atoms with E-state index in [9.17, 15) is 8.78 Å². The van der Waals surface area contributed by atoms with E-state index in [1.54, 1.807) is 0 Å². The zero-order chi connectivity index (χ0) is 18.1. The molecule has 0 saturated heterocycles. The molecule has 1 heterocycles. The molecule has 1 atom stereocenters. The van der Waals surface area contributed by atoms with Crippen molar-refractivity contribution in [1.82, 2.24) is 9.97 Å². The number of fused-ring (bicyclic) bond motifs is 1. The van der Waals surface area contributed by atoms with Crippen LogP contribution in [0.3, 0.4) is 0 Å². The number of para-hydroxylation sites is 1. The van der Waals surface area contributed by atoms with E-state index >= 15 is 0 Å². The third kappa shape index (κ3) is 3.59. The van der Waals surface area contributed by atoms with E-state index < -0.39 is 11.6 Å². The minimum Gasteiger partial charge on any atom is -0.366 e. The molecule has 0 aliphatic heterocycles. The van der Waals surface area contributed by atoms with Gasteiger partial charge in [0, 0.05) is 23.2 Å². The first kappa shape index (κ1) is 16.7. The lowest BCUT2D eigenvalue weighted by Gasteiger charge is -2.19. The van der Waals surface area contributed by atoms with Gasteiger partial charge in [0.1, 0.15) is 17.5 Å². The Morgan fingerprint density at radius 2 is 1.81 bits per heavy atom. The summed E-state index contributed by atoms with van der Waals surface area (Å²) in [5.41, 5.74) is 1.05. The van der Waals surface area contributed by atoms with Gasteiger partial charge in [0.05, 0.1) is 5.52 Å². The molecule has 2 N–H and O–H groups in total. The number of anilines is 3. The van der Waals surface area contributed by atoms with Crippen LogP contribution in [0, 0.1) is 17.6 Å². The molecule has 134 valence electrons. The Morgan fingerprint density at radius 3 is 2.50 bits per heavy atom. The van der Waals surface area contributed by atoms with Crippen molar-refractivity contribution in [3.05, 3.63) is 54.1 Å². The molecule has 0 bridgehead atoms. The van der Waals surface area contributed by atoms with Crippen LogP contribution in [0.1, 0.15) is 26.2 Å². The molecule has 26 heavy (non-hydrogen) atoms. The van der Waals surface area contributed by atoms with Crippen LogP contribution in [0.25, 0.3) is 10.9 Å². The fourth-order valence-electron chi connectivity index (χ4n) is 3.23. The lowest BCUT2D eigenvalue weighted by Crippen LogP contribution is -2.22. The van der Waals surface area contributed by atoms with E-state index in [-0.39, 0.29) is 5.69 Å². The van der Waals surface area contributed by atoms with Gasteiger partial charge < -0.3 is 10.6 Å². The summed E-state index contributed by atoms with van der Waals surface area (Å²) in [4.78, 5) is 9.05. The second kappa shape index (κ2) is 6.86. The highest BCUT2D eigenvalue weighted by Gasteiger charge is 2.30. The summed E-state index contributed by atoms with van der Waals surface area (Å²) in [6, 6.07) is 11.4. The summed E-state index contributed by atoms with van der Waals surface area (Å²) in [5, 5.41) is 7.39. The average Bonchev–Trinajstić information content (AvgIpc) is 3.43. The monoisotopic (exact) mass is 354 g/mol. The van der Waals surface area contributed by atoms with Gasteiger partial charge in [0.2, 0.25) is 5.95 Å². The SMILES string of the molecule is CCC(Nc1nc(Nc2cc(F)cc(F)c2)nc2ccccc12)C1CC1. The van der Waals surface area contributed by atoms with Crippen LogP contribution < -0.4 is 10.6 Å². The molecule has 4 nitrogen and oxygen atoms in total. The minimum absolute atomic E-state index is 0.276. The molecular formula is C20H20F2N4. The van der Waals surface area contributed by atoms with Crippen molar-refractivity contribution in [2.24, 2.45) is 5.92 Å². The Bertz CT molecular complexity index is 920. The van der Waals surface area contributed by atoms with Crippen molar-refractivity contribution in [3.8, 4) is 0 Å². The summed E-state index contributed by atoms with van der Waals surface area (Å²) in [5.74, 6) is 0.441. The molecule has 1 aliphatic rings. The van der Waals surface area contributed by atoms with Gasteiger partial charge in [-0.1, -0.05) is 19.1 Å². The van der Waals surface area contributed by atoms with E-state index in [0.29, 0.717) is 17.9 Å². The molecule has 1 unspecified atom stereocenters. The number of hydrogen-bond acceptors (Lipinski definition) is 4. The first-order valence-corrected chi connectivity index (χ1v) is 8.89. The fourth-order valence-corrected chi connectivity index (χ4v) is 3.23. The molecule has 2 aromatic carbocycles. The maximum absolute atomic E-state index is 13.4. The molecular weight excluding hydrogens is 334 g/mol. The molecule has 0 amide bonds. The second-order valence-corrected chi connectivity index (χ2v) is 6.69. The average molecular weight is 354 g/mol. The molecule has 1 aliphatic carbocycles. The predicted octanol–water partition coefficient (Wildman–Crippen LogP) is 5.25. The van der Waals surface area contributed by atoms with E-state index in [0.717, 1.165) is 29.2 Å². The summed E-state index contributed by atoms with van der Waals surface area (Å²) < 4.78 is 26.9. The molecule has 1 fully saturated rings. The van der Waals surface area contributed by atoms with Crippen molar-refractivity contribution in [3.63, 3.8) is 0 Å². The van der Waals surface area contributed by atoms with Crippen molar-refractivity contribution >= 4 is 28.4 Å². The molecule has 3 aromatic rings. The maximum atomic E-state index is 13.4. The van der Waals surface area contributed by atoms with E-state index in [1.807, 2.05) is 24.3 Å². The maximum Gasteiger partial charge on any atom is 0.229 e. The van der Waals surface area contributed by atoms with Gasteiger partial charge in [-0.3, -0.25) is 0 Å². The number of hydrogen-bond donors (Lipinski definition) is 2. The molecule has 4 rings (SSSR count). The number of benzene rings is 2. The first-order chi connectivity index (χ1) is 12.6. The van der Waals surface area contributed by atoms with Gasteiger partial charge in [-0.05, 0) is 49.4 Å². The van der Waals surface area contributed by atoms with Crippen LogP contribution in [-0.2, 0) is 0 Å². The van der Waals surface area contributed by atoms with Crippen molar-refractivity contribution in [1.29, 1.82) is 0 Å². The van der Waals surface area contributed by atoms with E-state index in [4.69, 9.17) is 0 Å². The smallest absolute Gasteiger partial charge is 0.229 e. The highest BCUT2D eigenvalue weighted by atomic mass is 19.1. The summed E-state index contributed by atoms with van der Waals surface area (Å²) >= 11 is 0.